The molecular weight excluding hydrogens is 445 g/mol. The molecule has 0 aliphatic heterocycles. The summed E-state index contributed by atoms with van der Waals surface area (Å²) in [6.07, 6.45) is 0. The van der Waals surface area contributed by atoms with E-state index < -0.39 is 42.6 Å². The first-order valence-corrected chi connectivity index (χ1v) is 9.99. The molecule has 2 aromatic heterocycles. The van der Waals surface area contributed by atoms with E-state index in [2.05, 4.69) is 10.4 Å². The Bertz CT molecular complexity index is 1230. The van der Waals surface area contributed by atoms with Crippen LogP contribution in [0.15, 0.2) is 33.5 Å². The maximum Gasteiger partial charge on any atom is 0.437 e. The summed E-state index contributed by atoms with van der Waals surface area (Å²) in [5.41, 5.74) is 1.26. The van der Waals surface area contributed by atoms with Crippen LogP contribution in [-0.2, 0) is 25.6 Å². The molecule has 0 bridgehead atoms. The Morgan fingerprint density at radius 1 is 1.22 bits per heavy atom. The van der Waals surface area contributed by atoms with Crippen LogP contribution < -0.4 is 11.1 Å². The number of aryl methyl sites for hydroxylation is 1. The summed E-state index contributed by atoms with van der Waals surface area (Å²) >= 11 is 1.19. The first-order valence-electron chi connectivity index (χ1n) is 9.17. The zero-order chi connectivity index (χ0) is 23.4. The van der Waals surface area contributed by atoms with Gasteiger partial charge in [0.15, 0.2) is 6.61 Å². The summed E-state index contributed by atoms with van der Waals surface area (Å²) in [5, 5.41) is 6.66. The Morgan fingerprint density at radius 3 is 2.56 bits per heavy atom. The predicted molar refractivity (Wildman–Crippen MR) is 111 cm³/mol. The van der Waals surface area contributed by atoms with E-state index in [1.807, 2.05) is 0 Å². The van der Waals surface area contributed by atoms with Crippen LogP contribution in [0, 0.1) is 19.7 Å². The molecule has 0 fully saturated rings. The first kappa shape index (κ1) is 22.9. The maximum absolute atomic E-state index is 13.0. The smallest absolute Gasteiger partial charge is 0.437 e. The number of benzene rings is 1. The summed E-state index contributed by atoms with van der Waals surface area (Å²) < 4.78 is 28.3. The van der Waals surface area contributed by atoms with Gasteiger partial charge in [-0.25, -0.2) is 14.0 Å². The van der Waals surface area contributed by atoms with Crippen LogP contribution in [-0.4, -0.2) is 41.3 Å². The van der Waals surface area contributed by atoms with Gasteiger partial charge >= 0.3 is 17.7 Å². The van der Waals surface area contributed by atoms with Crippen LogP contribution in [0.3, 0.4) is 0 Å². The Balaban J connectivity index is 1.59. The highest BCUT2D eigenvalue weighted by Gasteiger charge is 2.22. The second-order valence-electron chi connectivity index (χ2n) is 6.53. The van der Waals surface area contributed by atoms with Gasteiger partial charge in [-0.05, 0) is 43.7 Å². The molecule has 0 spiro atoms. The number of aromatic nitrogens is 2. The number of carbonyl (C=O) groups excluding carboxylic acids is 3. The van der Waals surface area contributed by atoms with Crippen LogP contribution >= 0.6 is 11.3 Å². The fourth-order valence-corrected chi connectivity index (χ4v) is 3.72. The molecule has 32 heavy (non-hydrogen) atoms. The maximum atomic E-state index is 13.0. The summed E-state index contributed by atoms with van der Waals surface area (Å²) in [4.78, 5) is 48.9. The Morgan fingerprint density at radius 2 is 1.91 bits per heavy atom. The lowest BCUT2D eigenvalue weighted by atomic mass is 10.1. The molecule has 1 aromatic carbocycles. The Kier molecular flexibility index (Phi) is 6.83. The van der Waals surface area contributed by atoms with Gasteiger partial charge in [0.25, 0.3) is 5.91 Å². The third kappa shape index (κ3) is 5.09. The van der Waals surface area contributed by atoms with E-state index in [1.54, 1.807) is 13.8 Å². The number of esters is 2. The highest BCUT2D eigenvalue weighted by molar-refractivity contribution is 7.16. The molecule has 0 aliphatic carbocycles. The Hall–Kier alpha value is -3.80. The van der Waals surface area contributed by atoms with Gasteiger partial charge < -0.3 is 19.2 Å². The van der Waals surface area contributed by atoms with Gasteiger partial charge in [0.2, 0.25) is 5.89 Å². The molecule has 0 aliphatic rings. The predicted octanol–water partition coefficient (Wildman–Crippen LogP) is 2.29. The zero-order valence-corrected chi connectivity index (χ0v) is 18.1. The van der Waals surface area contributed by atoms with Gasteiger partial charge in [0, 0.05) is 10.4 Å². The average Bonchev–Trinajstić information content (AvgIpc) is 3.25. The molecule has 10 nitrogen and oxygen atoms in total. The van der Waals surface area contributed by atoms with Gasteiger partial charge in [0.05, 0.1) is 12.7 Å². The fraction of sp³-hybridized carbons (Fsp3) is 0.250. The summed E-state index contributed by atoms with van der Waals surface area (Å²) in [7, 11) is 1.23. The van der Waals surface area contributed by atoms with E-state index in [0.717, 1.165) is 9.56 Å². The van der Waals surface area contributed by atoms with E-state index in [1.165, 1.54) is 42.7 Å². The van der Waals surface area contributed by atoms with Gasteiger partial charge in [-0.1, -0.05) is 0 Å². The van der Waals surface area contributed by atoms with Crippen molar-refractivity contribution in [2.75, 3.05) is 19.0 Å². The lowest BCUT2D eigenvalue weighted by Crippen LogP contribution is -2.26. The normalized spacial score (nSPS) is 10.6. The van der Waals surface area contributed by atoms with E-state index in [0.29, 0.717) is 11.1 Å². The second-order valence-corrected chi connectivity index (χ2v) is 7.75. The van der Waals surface area contributed by atoms with Gasteiger partial charge in [0.1, 0.15) is 17.4 Å². The van der Waals surface area contributed by atoms with Crippen molar-refractivity contribution in [2.45, 2.75) is 20.4 Å². The van der Waals surface area contributed by atoms with Crippen molar-refractivity contribution in [1.82, 2.24) is 9.78 Å². The summed E-state index contributed by atoms with van der Waals surface area (Å²) in [6, 6.07) is 5.07. The van der Waals surface area contributed by atoms with Crippen molar-refractivity contribution >= 4 is 34.2 Å². The van der Waals surface area contributed by atoms with E-state index in [4.69, 9.17) is 13.9 Å². The minimum absolute atomic E-state index is 0.0979. The number of amides is 1. The van der Waals surface area contributed by atoms with E-state index in [-0.39, 0.29) is 16.5 Å². The number of ether oxygens (including phenoxy) is 2. The third-order valence-corrected chi connectivity index (χ3v) is 5.49. The first-order chi connectivity index (χ1) is 15.2. The molecule has 0 unspecified atom stereocenters. The van der Waals surface area contributed by atoms with Crippen molar-refractivity contribution in [3.05, 3.63) is 56.6 Å². The second kappa shape index (κ2) is 9.56. The van der Waals surface area contributed by atoms with Gasteiger partial charge in [-0.2, -0.15) is 4.68 Å². The molecule has 3 aromatic rings. The Labute approximate surface area is 184 Å². The van der Waals surface area contributed by atoms with Crippen LogP contribution in [0.4, 0.5) is 9.39 Å². The number of hydrogen-bond acceptors (Lipinski definition) is 9. The standard InChI is InChI=1S/C20H18FN3O7S/c1-10-11(2)32-18(16(10)19(27)29-3)22-14(25)9-30-15(26)8-24-20(28)31-17(23-24)12-4-6-13(21)7-5-12/h4-7H,8-9H2,1-3H3,(H,22,25). The van der Waals surface area contributed by atoms with Crippen molar-refractivity contribution in [3.8, 4) is 11.5 Å². The van der Waals surface area contributed by atoms with Crippen molar-refractivity contribution in [3.63, 3.8) is 0 Å². The molecule has 12 heteroatoms. The van der Waals surface area contributed by atoms with Crippen molar-refractivity contribution in [2.24, 2.45) is 0 Å². The van der Waals surface area contributed by atoms with Crippen LogP contribution in [0.2, 0.25) is 0 Å². The molecule has 168 valence electrons. The molecule has 3 rings (SSSR count). The number of hydrogen-bond donors (Lipinski definition) is 1. The van der Waals surface area contributed by atoms with Gasteiger partial charge in [-0.15, -0.1) is 16.4 Å². The van der Waals surface area contributed by atoms with Crippen molar-refractivity contribution < 1.29 is 32.7 Å². The molecule has 0 atom stereocenters. The molecule has 0 radical (unpaired) electrons. The van der Waals surface area contributed by atoms with Crippen LogP contribution in [0.25, 0.3) is 11.5 Å². The van der Waals surface area contributed by atoms with E-state index >= 15 is 0 Å². The lowest BCUT2D eigenvalue weighted by molar-refractivity contribution is -0.148. The lowest BCUT2D eigenvalue weighted by Gasteiger charge is -2.07. The minimum atomic E-state index is -0.919. The number of nitrogens with one attached hydrogen (secondary N) is 1. The molecule has 2 heterocycles. The quantitative estimate of drug-likeness (QED) is 0.529. The largest absolute Gasteiger partial charge is 0.465 e. The number of halogens is 1. The van der Waals surface area contributed by atoms with Crippen LogP contribution in [0.1, 0.15) is 20.8 Å². The molecule has 0 saturated carbocycles. The number of nitrogens with zero attached hydrogens (tertiary/aromatic N) is 2. The minimum Gasteiger partial charge on any atom is -0.465 e. The third-order valence-electron chi connectivity index (χ3n) is 4.37. The average molecular weight is 463 g/mol. The van der Waals surface area contributed by atoms with Crippen LogP contribution in [0.5, 0.6) is 0 Å². The molecular formula is C20H18FN3O7S. The number of carbonyl (C=O) groups is 3. The highest BCUT2D eigenvalue weighted by atomic mass is 32.1. The molecule has 1 N–H and O–H groups in total. The highest BCUT2D eigenvalue weighted by Crippen LogP contribution is 2.32. The van der Waals surface area contributed by atoms with Crippen molar-refractivity contribution in [1.29, 1.82) is 0 Å². The molecule has 1 amide bonds. The fourth-order valence-electron chi connectivity index (χ4n) is 2.65. The number of thiophene rings is 1. The topological polar surface area (TPSA) is 130 Å². The summed E-state index contributed by atoms with van der Waals surface area (Å²) in [5.74, 6) is -3.67. The zero-order valence-electron chi connectivity index (χ0n) is 17.3. The SMILES string of the molecule is COC(=O)c1c(NC(=O)COC(=O)Cn2nc(-c3ccc(F)cc3)oc2=O)sc(C)c1C. The number of rotatable bonds is 7. The number of methoxy groups -OCH3 is 1. The van der Waals surface area contributed by atoms with Gasteiger partial charge in [-0.3, -0.25) is 9.59 Å². The monoisotopic (exact) mass is 463 g/mol. The number of anilines is 1. The van der Waals surface area contributed by atoms with E-state index in [9.17, 15) is 23.6 Å². The molecule has 0 saturated heterocycles. The summed E-state index contributed by atoms with van der Waals surface area (Å²) in [6.45, 7) is 2.27.